The van der Waals surface area contributed by atoms with Crippen LogP contribution in [0.3, 0.4) is 0 Å². The van der Waals surface area contributed by atoms with Crippen LogP contribution in [0.1, 0.15) is 11.4 Å². The van der Waals surface area contributed by atoms with Gasteiger partial charge in [0.2, 0.25) is 0 Å². The summed E-state index contributed by atoms with van der Waals surface area (Å²) in [7, 11) is 0. The molecule has 3 heterocycles. The number of hydrogen-bond donors (Lipinski definition) is 0. The van der Waals surface area contributed by atoms with Gasteiger partial charge in [-0.3, -0.25) is 9.80 Å². The largest absolute Gasteiger partial charge is 0.370 e. The van der Waals surface area contributed by atoms with Gasteiger partial charge in [-0.1, -0.05) is 98.1 Å². The minimum absolute atomic E-state index is 0.161. The number of nitriles is 2. The lowest BCUT2D eigenvalue weighted by atomic mass is 10.0. The first-order chi connectivity index (χ1) is 22.6. The Kier molecular flexibility index (Phi) is 6.77. The molecule has 1 aliphatic rings. The summed E-state index contributed by atoms with van der Waals surface area (Å²) in [5.41, 5.74) is 4.89. The zero-order chi connectivity index (χ0) is 31.6. The van der Waals surface area contributed by atoms with E-state index in [4.69, 9.17) is 13.1 Å². The monoisotopic (exact) mass is 590 g/mol. The van der Waals surface area contributed by atoms with Crippen LogP contribution in [0.25, 0.3) is 31.9 Å². The second-order valence-electron chi connectivity index (χ2n) is 10.0. The van der Waals surface area contributed by atoms with Crippen molar-refractivity contribution in [2.24, 2.45) is 0 Å². The molecular weight excluding hydrogens is 572 g/mol. The molecule has 10 nitrogen and oxygen atoms in total. The van der Waals surface area contributed by atoms with Crippen molar-refractivity contribution >= 4 is 46.3 Å². The number of hydrogen-bond acceptors (Lipinski definition) is 8. The van der Waals surface area contributed by atoms with E-state index in [9.17, 15) is 10.5 Å². The topological polar surface area (TPSA) is 114 Å². The number of aromatic nitrogens is 4. The lowest BCUT2D eigenvalue weighted by Crippen LogP contribution is -2.28. The molecule has 10 heteroatoms. The standard InChI is InChI=1S/C36H18N10/c1-39-31-32(40-2)44-36-35(43-31)45(27-17-13-25(14-18-27)23-9-5-3-6-10-23)33-34(42-30(22-38)29(21-37)41-33)46(36)28-19-15-26(16-20-28)24-11-7-4-8-12-24/h3-20H. The maximum atomic E-state index is 9.90. The summed E-state index contributed by atoms with van der Waals surface area (Å²) in [4.78, 5) is 28.7. The van der Waals surface area contributed by atoms with Crippen LogP contribution in [0.4, 0.5) is 46.3 Å². The molecular formula is C36H18N10. The Morgan fingerprint density at radius 2 is 0.783 bits per heavy atom. The van der Waals surface area contributed by atoms with Crippen LogP contribution < -0.4 is 9.80 Å². The number of anilines is 6. The van der Waals surface area contributed by atoms with Gasteiger partial charge in [-0.2, -0.15) is 10.5 Å². The predicted molar refractivity (Wildman–Crippen MR) is 173 cm³/mol. The molecule has 6 aromatic rings. The van der Waals surface area contributed by atoms with E-state index in [1.54, 1.807) is 9.80 Å². The van der Waals surface area contributed by atoms with Gasteiger partial charge in [-0.05, 0) is 46.5 Å². The van der Waals surface area contributed by atoms with Gasteiger partial charge >= 0.3 is 11.6 Å². The minimum atomic E-state index is -0.176. The zero-order valence-electron chi connectivity index (χ0n) is 23.9. The van der Waals surface area contributed by atoms with Crippen LogP contribution in [0.2, 0.25) is 0 Å². The molecule has 0 amide bonds. The van der Waals surface area contributed by atoms with E-state index in [2.05, 4.69) is 29.6 Å². The summed E-state index contributed by atoms with van der Waals surface area (Å²) in [5.74, 6) is 0.503. The Morgan fingerprint density at radius 1 is 0.457 bits per heavy atom. The number of nitrogens with zero attached hydrogens (tertiary/aromatic N) is 10. The molecule has 0 spiro atoms. The summed E-state index contributed by atoms with van der Waals surface area (Å²) in [6.45, 7) is 15.4. The summed E-state index contributed by atoms with van der Waals surface area (Å²) in [6, 6.07) is 39.0. The van der Waals surface area contributed by atoms with Gasteiger partial charge < -0.3 is 9.69 Å². The molecule has 0 aliphatic carbocycles. The predicted octanol–water partition coefficient (Wildman–Crippen LogP) is 8.70. The third-order valence-corrected chi connectivity index (χ3v) is 7.42. The van der Waals surface area contributed by atoms with Crippen LogP contribution in [-0.4, -0.2) is 19.9 Å². The van der Waals surface area contributed by atoms with Crippen molar-refractivity contribution in [2.75, 3.05) is 9.80 Å². The highest BCUT2D eigenvalue weighted by atomic mass is 15.4. The molecule has 46 heavy (non-hydrogen) atoms. The number of benzene rings is 4. The third kappa shape index (κ3) is 4.58. The molecule has 0 saturated carbocycles. The fraction of sp³-hybridized carbons (Fsp3) is 0. The van der Waals surface area contributed by atoms with Gasteiger partial charge in [0.25, 0.3) is 11.6 Å². The van der Waals surface area contributed by atoms with Gasteiger partial charge in [0, 0.05) is 0 Å². The van der Waals surface area contributed by atoms with Gasteiger partial charge in [-0.25, -0.2) is 9.97 Å². The zero-order valence-corrected chi connectivity index (χ0v) is 23.9. The average Bonchev–Trinajstić information content (AvgIpc) is 3.13. The second-order valence-corrected chi connectivity index (χ2v) is 10.0. The molecule has 7 rings (SSSR count). The molecule has 0 saturated heterocycles. The number of fused-ring (bicyclic) bond motifs is 2. The van der Waals surface area contributed by atoms with E-state index in [0.29, 0.717) is 11.4 Å². The fourth-order valence-electron chi connectivity index (χ4n) is 5.28. The Bertz CT molecular complexity index is 2040. The van der Waals surface area contributed by atoms with Crippen molar-refractivity contribution in [3.05, 3.63) is 143 Å². The molecule has 0 unspecified atom stereocenters. The minimum Gasteiger partial charge on any atom is -0.370 e. The molecule has 1 aliphatic heterocycles. The van der Waals surface area contributed by atoms with E-state index >= 15 is 0 Å². The van der Waals surface area contributed by atoms with Gasteiger partial charge in [0.1, 0.15) is 12.1 Å². The Labute approximate surface area is 264 Å². The molecule has 4 aromatic carbocycles. The van der Waals surface area contributed by atoms with Gasteiger partial charge in [0.05, 0.1) is 11.4 Å². The van der Waals surface area contributed by atoms with Crippen molar-refractivity contribution in [3.63, 3.8) is 0 Å². The van der Waals surface area contributed by atoms with Gasteiger partial charge in [0.15, 0.2) is 23.0 Å². The third-order valence-electron chi connectivity index (χ3n) is 7.42. The van der Waals surface area contributed by atoms with Crippen LogP contribution in [0.5, 0.6) is 0 Å². The maximum Gasteiger partial charge on any atom is 0.300 e. The fourth-order valence-corrected chi connectivity index (χ4v) is 5.28. The lowest BCUT2D eigenvalue weighted by Gasteiger charge is -2.33. The lowest BCUT2D eigenvalue weighted by molar-refractivity contribution is 0.983. The Balaban J connectivity index is 1.47. The van der Waals surface area contributed by atoms with Gasteiger partial charge in [-0.15, -0.1) is 9.97 Å². The van der Waals surface area contributed by atoms with Crippen molar-refractivity contribution in [2.45, 2.75) is 0 Å². The van der Waals surface area contributed by atoms with E-state index in [-0.39, 0.29) is 46.3 Å². The first kappa shape index (κ1) is 27.4. The summed E-state index contributed by atoms with van der Waals surface area (Å²) in [6.07, 6.45) is 0. The maximum absolute atomic E-state index is 9.90. The van der Waals surface area contributed by atoms with E-state index in [0.717, 1.165) is 22.3 Å². The molecule has 0 fully saturated rings. The van der Waals surface area contributed by atoms with Crippen molar-refractivity contribution in [1.82, 2.24) is 19.9 Å². The highest BCUT2D eigenvalue weighted by Gasteiger charge is 2.42. The molecule has 2 aromatic heterocycles. The van der Waals surface area contributed by atoms with Crippen LogP contribution in [-0.2, 0) is 0 Å². The van der Waals surface area contributed by atoms with E-state index < -0.39 is 0 Å². The van der Waals surface area contributed by atoms with Crippen LogP contribution in [0, 0.1) is 35.8 Å². The molecule has 212 valence electrons. The van der Waals surface area contributed by atoms with Crippen LogP contribution in [0.15, 0.2) is 109 Å². The van der Waals surface area contributed by atoms with Crippen molar-refractivity contribution in [3.8, 4) is 34.4 Å². The highest BCUT2D eigenvalue weighted by molar-refractivity contribution is 5.97. The van der Waals surface area contributed by atoms with Crippen molar-refractivity contribution in [1.29, 1.82) is 10.5 Å². The summed E-state index contributed by atoms with van der Waals surface area (Å²) in [5, 5.41) is 19.8. The Hall–Kier alpha value is -7.40. The van der Waals surface area contributed by atoms with E-state index in [1.165, 1.54) is 0 Å². The second kappa shape index (κ2) is 11.4. The molecule has 0 N–H and O–H groups in total. The molecule has 0 radical (unpaired) electrons. The number of rotatable bonds is 4. The average molecular weight is 591 g/mol. The smallest absolute Gasteiger partial charge is 0.300 e. The summed E-state index contributed by atoms with van der Waals surface area (Å²) < 4.78 is 0. The SMILES string of the molecule is [C-]#[N+]c1nc2c(nc1[N+]#[C-])N(c1ccc(-c3ccccc3)cc1)c1nc(C#N)c(C#N)nc1N2c1ccc(-c2ccccc2)cc1. The highest BCUT2D eigenvalue weighted by Crippen LogP contribution is 2.53. The Morgan fingerprint density at radius 3 is 1.11 bits per heavy atom. The normalized spacial score (nSPS) is 11.3. The van der Waals surface area contributed by atoms with Crippen LogP contribution >= 0.6 is 0 Å². The quantitative estimate of drug-likeness (QED) is 0.187. The molecule has 0 atom stereocenters. The van der Waals surface area contributed by atoms with E-state index in [1.807, 2.05) is 121 Å². The molecule has 0 bridgehead atoms. The summed E-state index contributed by atoms with van der Waals surface area (Å²) >= 11 is 0. The first-order valence-corrected chi connectivity index (χ1v) is 13.9. The first-order valence-electron chi connectivity index (χ1n) is 13.9. The van der Waals surface area contributed by atoms with Crippen molar-refractivity contribution < 1.29 is 0 Å².